The second-order valence-electron chi connectivity index (χ2n) is 4.82. The van der Waals surface area contributed by atoms with Gasteiger partial charge in [0.1, 0.15) is 0 Å². The van der Waals surface area contributed by atoms with E-state index in [9.17, 15) is 13.2 Å². The van der Waals surface area contributed by atoms with Crippen molar-refractivity contribution in [3.63, 3.8) is 0 Å². The molecule has 0 unspecified atom stereocenters. The fourth-order valence-corrected chi connectivity index (χ4v) is 4.22. The van der Waals surface area contributed by atoms with Gasteiger partial charge >= 0.3 is 0 Å². The third-order valence-corrected chi connectivity index (χ3v) is 5.08. The highest BCUT2D eigenvalue weighted by Crippen LogP contribution is 2.19. The number of methoxy groups -OCH3 is 1. The third-order valence-electron chi connectivity index (χ3n) is 3.38. The van der Waals surface area contributed by atoms with Gasteiger partial charge < -0.3 is 14.6 Å². The van der Waals surface area contributed by atoms with Gasteiger partial charge in [-0.25, -0.2) is 13.4 Å². The number of rotatable bonds is 3. The van der Waals surface area contributed by atoms with E-state index in [2.05, 4.69) is 15.5 Å². The number of carbonyl (C=O) groups is 1. The van der Waals surface area contributed by atoms with Crippen LogP contribution in [0.4, 0.5) is 0 Å². The van der Waals surface area contributed by atoms with Crippen LogP contribution >= 0.6 is 0 Å². The van der Waals surface area contributed by atoms with Crippen LogP contribution in [0.15, 0.2) is 22.9 Å². The second-order valence-corrected chi connectivity index (χ2v) is 6.97. The Morgan fingerprint density at radius 1 is 1.48 bits per heavy atom. The molecule has 2 aromatic heterocycles. The zero-order chi connectivity index (χ0) is 15.0. The first-order valence-corrected chi connectivity index (χ1v) is 8.07. The lowest BCUT2D eigenvalue weighted by atomic mass is 10.2. The van der Waals surface area contributed by atoms with E-state index in [0.717, 1.165) is 0 Å². The maximum atomic E-state index is 12.2. The molecule has 9 heteroatoms. The fourth-order valence-electron chi connectivity index (χ4n) is 2.36. The Balaban J connectivity index is 1.83. The molecule has 1 aliphatic rings. The van der Waals surface area contributed by atoms with Gasteiger partial charge in [0.25, 0.3) is 5.91 Å². The lowest BCUT2D eigenvalue weighted by Crippen LogP contribution is -2.43. The predicted molar refractivity (Wildman–Crippen MR) is 72.5 cm³/mol. The average molecular weight is 311 g/mol. The minimum atomic E-state index is -3.21. The predicted octanol–water partition coefficient (Wildman–Crippen LogP) is -0.235. The SMILES string of the molecule is CO[C@@H]1CS(=O)(=O)C[C@H]1NC(=O)c1onc2ncccc12. The molecule has 2 atom stereocenters. The van der Waals surface area contributed by atoms with Crippen LogP contribution in [0, 0.1) is 0 Å². The number of nitrogens with zero attached hydrogens (tertiary/aromatic N) is 2. The minimum Gasteiger partial charge on any atom is -0.378 e. The van der Waals surface area contributed by atoms with E-state index in [1.54, 1.807) is 12.1 Å². The molecule has 1 N–H and O–H groups in total. The molecule has 1 saturated heterocycles. The summed E-state index contributed by atoms with van der Waals surface area (Å²) in [6.07, 6.45) is 0.975. The number of sulfone groups is 1. The van der Waals surface area contributed by atoms with Crippen LogP contribution < -0.4 is 5.32 Å². The molecule has 0 radical (unpaired) electrons. The van der Waals surface area contributed by atoms with E-state index in [1.165, 1.54) is 13.3 Å². The summed E-state index contributed by atoms with van der Waals surface area (Å²) in [6.45, 7) is 0. The number of carbonyl (C=O) groups excluding carboxylic acids is 1. The molecule has 0 saturated carbocycles. The van der Waals surface area contributed by atoms with Crippen molar-refractivity contribution in [1.29, 1.82) is 0 Å². The lowest BCUT2D eigenvalue weighted by molar-refractivity contribution is 0.0761. The smallest absolute Gasteiger partial charge is 0.290 e. The topological polar surface area (TPSA) is 111 Å². The van der Waals surface area contributed by atoms with E-state index in [-0.39, 0.29) is 17.3 Å². The first-order chi connectivity index (χ1) is 10.00. The summed E-state index contributed by atoms with van der Waals surface area (Å²) in [6, 6.07) is 2.71. The summed E-state index contributed by atoms with van der Waals surface area (Å²) in [7, 11) is -1.80. The van der Waals surface area contributed by atoms with E-state index in [0.29, 0.717) is 11.0 Å². The molecule has 8 nitrogen and oxygen atoms in total. The van der Waals surface area contributed by atoms with Gasteiger partial charge in [-0.3, -0.25) is 4.79 Å². The molecule has 1 amide bonds. The maximum absolute atomic E-state index is 12.2. The van der Waals surface area contributed by atoms with Crippen LogP contribution in [0.25, 0.3) is 11.0 Å². The largest absolute Gasteiger partial charge is 0.378 e. The number of hydrogen-bond acceptors (Lipinski definition) is 7. The molecule has 0 spiro atoms. The van der Waals surface area contributed by atoms with Crippen molar-refractivity contribution >= 4 is 26.8 Å². The minimum absolute atomic E-state index is 0.0113. The first kappa shape index (κ1) is 14.0. The van der Waals surface area contributed by atoms with Crippen molar-refractivity contribution in [2.45, 2.75) is 12.1 Å². The number of fused-ring (bicyclic) bond motifs is 1. The van der Waals surface area contributed by atoms with Gasteiger partial charge in [-0.2, -0.15) is 0 Å². The van der Waals surface area contributed by atoms with Gasteiger partial charge in [0.15, 0.2) is 9.84 Å². The quantitative estimate of drug-likeness (QED) is 0.833. The van der Waals surface area contributed by atoms with Crippen molar-refractivity contribution in [2.75, 3.05) is 18.6 Å². The Bertz CT molecular complexity index is 785. The molecular weight excluding hydrogens is 298 g/mol. The lowest BCUT2D eigenvalue weighted by Gasteiger charge is -2.16. The molecule has 21 heavy (non-hydrogen) atoms. The van der Waals surface area contributed by atoms with Gasteiger partial charge in [0.05, 0.1) is 29.0 Å². The van der Waals surface area contributed by atoms with E-state index in [1.807, 2.05) is 0 Å². The number of nitrogens with one attached hydrogen (secondary N) is 1. The summed E-state index contributed by atoms with van der Waals surface area (Å²) >= 11 is 0. The van der Waals surface area contributed by atoms with E-state index >= 15 is 0 Å². The highest BCUT2D eigenvalue weighted by molar-refractivity contribution is 7.91. The van der Waals surface area contributed by atoms with Crippen molar-refractivity contribution in [1.82, 2.24) is 15.5 Å². The molecule has 112 valence electrons. The third kappa shape index (κ3) is 2.61. The monoisotopic (exact) mass is 311 g/mol. The summed E-state index contributed by atoms with van der Waals surface area (Å²) in [5, 5.41) is 6.79. The normalized spacial score (nSPS) is 24.2. The summed E-state index contributed by atoms with van der Waals surface area (Å²) in [5.41, 5.74) is 0.324. The highest BCUT2D eigenvalue weighted by atomic mass is 32.2. The molecule has 2 aromatic rings. The number of amides is 1. The molecule has 3 rings (SSSR count). The molecule has 0 bridgehead atoms. The Labute approximate surface area is 120 Å². The van der Waals surface area contributed by atoms with E-state index < -0.39 is 27.9 Å². The summed E-state index contributed by atoms with van der Waals surface area (Å²) in [5.74, 6) is -0.777. The van der Waals surface area contributed by atoms with Crippen molar-refractivity contribution in [3.05, 3.63) is 24.1 Å². The van der Waals surface area contributed by atoms with Gasteiger partial charge in [-0.15, -0.1) is 0 Å². The van der Waals surface area contributed by atoms with Crippen LogP contribution in [-0.2, 0) is 14.6 Å². The molecule has 1 fully saturated rings. The Hall–Kier alpha value is -2.00. The van der Waals surface area contributed by atoms with Crippen molar-refractivity contribution in [3.8, 4) is 0 Å². The van der Waals surface area contributed by atoms with Crippen molar-refractivity contribution < 1.29 is 22.5 Å². The average Bonchev–Trinajstić information content (AvgIpc) is 2.99. The summed E-state index contributed by atoms with van der Waals surface area (Å²) in [4.78, 5) is 16.2. The number of pyridine rings is 1. The van der Waals surface area contributed by atoms with Crippen LogP contribution in [0.5, 0.6) is 0 Å². The first-order valence-electron chi connectivity index (χ1n) is 6.24. The van der Waals surface area contributed by atoms with Gasteiger partial charge in [0.2, 0.25) is 11.4 Å². The van der Waals surface area contributed by atoms with E-state index in [4.69, 9.17) is 9.26 Å². The number of aromatic nitrogens is 2. The Morgan fingerprint density at radius 2 is 2.29 bits per heavy atom. The molecule has 1 aliphatic heterocycles. The van der Waals surface area contributed by atoms with Gasteiger partial charge in [0, 0.05) is 13.3 Å². The van der Waals surface area contributed by atoms with Crippen LogP contribution in [0.1, 0.15) is 10.6 Å². The Kier molecular flexibility index (Phi) is 3.38. The van der Waals surface area contributed by atoms with Gasteiger partial charge in [-0.05, 0) is 12.1 Å². The Morgan fingerprint density at radius 3 is 3.05 bits per heavy atom. The molecule has 0 aromatic carbocycles. The standard InChI is InChI=1S/C12H13N3O5S/c1-19-9-6-21(17,18)5-8(9)14-12(16)10-7-3-2-4-13-11(7)15-20-10/h2-4,8-9H,5-6H2,1H3,(H,14,16)/t8-,9-/m1/s1. The summed E-state index contributed by atoms with van der Waals surface area (Å²) < 4.78 is 33.3. The number of ether oxygens (including phenoxy) is 1. The van der Waals surface area contributed by atoms with Crippen molar-refractivity contribution in [2.24, 2.45) is 0 Å². The van der Waals surface area contributed by atoms with Crippen LogP contribution in [-0.4, -0.2) is 55.2 Å². The second kappa shape index (κ2) is 5.08. The maximum Gasteiger partial charge on any atom is 0.290 e. The van der Waals surface area contributed by atoms with Crippen LogP contribution in [0.3, 0.4) is 0 Å². The highest BCUT2D eigenvalue weighted by Gasteiger charge is 2.39. The van der Waals surface area contributed by atoms with Gasteiger partial charge in [-0.1, -0.05) is 5.16 Å². The molecular formula is C12H13N3O5S. The fraction of sp³-hybridized carbons (Fsp3) is 0.417. The zero-order valence-corrected chi connectivity index (χ0v) is 12.0. The van der Waals surface area contributed by atoms with Crippen LogP contribution in [0.2, 0.25) is 0 Å². The zero-order valence-electron chi connectivity index (χ0n) is 11.1. The molecule has 0 aliphatic carbocycles. The molecule has 3 heterocycles. The number of hydrogen-bond donors (Lipinski definition) is 1.